The van der Waals surface area contributed by atoms with Crippen LogP contribution in [0, 0.1) is 0 Å². The topological polar surface area (TPSA) is 85.4 Å². The maximum Gasteiger partial charge on any atom is 0.328 e. The van der Waals surface area contributed by atoms with Gasteiger partial charge in [-0.15, -0.1) is 0 Å². The number of rotatable bonds is 6. The third kappa shape index (κ3) is 4.05. The molecule has 0 saturated carbocycles. The van der Waals surface area contributed by atoms with Crippen LogP contribution in [0.4, 0.5) is 10.5 Å². The lowest BCUT2D eigenvalue weighted by Gasteiger charge is -2.22. The number of hydrogen-bond donors (Lipinski definition) is 0. The molecule has 2 amide bonds. The zero-order valence-corrected chi connectivity index (χ0v) is 17.7. The highest BCUT2D eigenvalue weighted by Gasteiger charge is 2.41. The molecule has 29 heavy (non-hydrogen) atoms. The quantitative estimate of drug-likeness (QED) is 0.513. The number of ether oxygens (including phenoxy) is 3. The Bertz CT molecular complexity index is 863. The summed E-state index contributed by atoms with van der Waals surface area (Å²) in [7, 11) is 4.36. The van der Waals surface area contributed by atoms with Crippen LogP contribution >= 0.6 is 11.8 Å². The Balaban J connectivity index is 1.96. The molecular weight excluding hydrogens is 396 g/mol. The second-order valence-electron chi connectivity index (χ2n) is 6.71. The van der Waals surface area contributed by atoms with Crippen molar-refractivity contribution < 1.29 is 28.6 Å². The van der Waals surface area contributed by atoms with Crippen LogP contribution in [0.2, 0.25) is 0 Å². The van der Waals surface area contributed by atoms with Crippen molar-refractivity contribution in [1.29, 1.82) is 0 Å². The number of amides is 2. The van der Waals surface area contributed by atoms with E-state index in [1.807, 2.05) is 6.07 Å². The van der Waals surface area contributed by atoms with E-state index in [1.54, 1.807) is 26.4 Å². The van der Waals surface area contributed by atoms with Gasteiger partial charge < -0.3 is 19.1 Å². The monoisotopic (exact) mass is 420 g/mol. The second-order valence-corrected chi connectivity index (χ2v) is 7.70. The molecule has 2 aliphatic heterocycles. The van der Waals surface area contributed by atoms with Gasteiger partial charge in [0.15, 0.2) is 0 Å². The van der Waals surface area contributed by atoms with Crippen LogP contribution in [0.1, 0.15) is 25.3 Å². The number of anilines is 1. The summed E-state index contributed by atoms with van der Waals surface area (Å²) in [5, 5.41) is -0.515. The molecule has 1 aromatic carbocycles. The number of hydrogen-bond acceptors (Lipinski definition) is 8. The standard InChI is InChI=1S/C20H24N2O6S/c1-12(19(24)28-4)22-18(23)17(29-20(22)25)10-13-9-16(27-3)14(11-15(13)26-2)21-7-5-6-8-21/h9-12H,5-8H2,1-4H3/b17-10-. The zero-order chi connectivity index (χ0) is 21.1. The molecule has 2 fully saturated rings. The molecule has 0 aliphatic carbocycles. The highest BCUT2D eigenvalue weighted by molar-refractivity contribution is 8.18. The van der Waals surface area contributed by atoms with Crippen molar-refractivity contribution in [2.24, 2.45) is 0 Å². The lowest BCUT2D eigenvalue weighted by atomic mass is 10.1. The number of nitrogens with zero attached hydrogens (tertiary/aromatic N) is 2. The van der Waals surface area contributed by atoms with Gasteiger partial charge >= 0.3 is 5.97 Å². The summed E-state index contributed by atoms with van der Waals surface area (Å²) in [6.07, 6.45) is 3.83. The molecule has 2 saturated heterocycles. The van der Waals surface area contributed by atoms with E-state index in [4.69, 9.17) is 9.47 Å². The van der Waals surface area contributed by atoms with Crippen LogP contribution in [0.15, 0.2) is 17.0 Å². The number of thioether (sulfide) groups is 1. The first-order valence-electron chi connectivity index (χ1n) is 9.27. The molecule has 3 rings (SSSR count). The first-order chi connectivity index (χ1) is 13.9. The fraction of sp³-hybridized carbons (Fsp3) is 0.450. The van der Waals surface area contributed by atoms with Gasteiger partial charge in [-0.2, -0.15) is 0 Å². The Hall–Kier alpha value is -2.68. The average Bonchev–Trinajstić information content (AvgIpc) is 3.35. The maximum atomic E-state index is 12.7. The van der Waals surface area contributed by atoms with Crippen LogP contribution in [0.25, 0.3) is 6.08 Å². The van der Waals surface area contributed by atoms with E-state index < -0.39 is 23.2 Å². The van der Waals surface area contributed by atoms with Gasteiger partial charge in [-0.3, -0.25) is 14.5 Å². The summed E-state index contributed by atoms with van der Waals surface area (Å²) in [6, 6.07) is 2.69. The molecule has 2 aliphatic rings. The Kier molecular flexibility index (Phi) is 6.36. The van der Waals surface area contributed by atoms with E-state index in [0.29, 0.717) is 17.1 Å². The van der Waals surface area contributed by atoms with Crippen LogP contribution < -0.4 is 14.4 Å². The van der Waals surface area contributed by atoms with Crippen LogP contribution in [0.5, 0.6) is 11.5 Å². The summed E-state index contributed by atoms with van der Waals surface area (Å²) < 4.78 is 15.7. The van der Waals surface area contributed by atoms with E-state index in [2.05, 4.69) is 9.64 Å². The highest BCUT2D eigenvalue weighted by Crippen LogP contribution is 2.40. The SMILES string of the molecule is COC(=O)C(C)N1C(=O)S/C(=C\c2cc(OC)c(N3CCCC3)cc2OC)C1=O. The van der Waals surface area contributed by atoms with E-state index in [-0.39, 0.29) is 4.91 Å². The first kappa shape index (κ1) is 21.0. The number of benzene rings is 1. The minimum Gasteiger partial charge on any atom is -0.496 e. The van der Waals surface area contributed by atoms with Gasteiger partial charge in [0.1, 0.15) is 17.5 Å². The van der Waals surface area contributed by atoms with Crippen molar-refractivity contribution in [3.63, 3.8) is 0 Å². The number of imide groups is 1. The zero-order valence-electron chi connectivity index (χ0n) is 16.9. The maximum absolute atomic E-state index is 12.7. The predicted molar refractivity (Wildman–Crippen MR) is 110 cm³/mol. The van der Waals surface area contributed by atoms with Crippen molar-refractivity contribution in [2.45, 2.75) is 25.8 Å². The molecule has 0 aromatic heterocycles. The average molecular weight is 420 g/mol. The van der Waals surface area contributed by atoms with Crippen molar-refractivity contribution in [3.8, 4) is 11.5 Å². The molecule has 8 nitrogen and oxygen atoms in total. The smallest absolute Gasteiger partial charge is 0.328 e. The molecule has 156 valence electrons. The van der Waals surface area contributed by atoms with E-state index in [9.17, 15) is 14.4 Å². The van der Waals surface area contributed by atoms with Gasteiger partial charge in [0, 0.05) is 24.7 Å². The minimum absolute atomic E-state index is 0.208. The number of carbonyl (C=O) groups is 3. The fourth-order valence-corrected chi connectivity index (χ4v) is 4.35. The third-order valence-corrected chi connectivity index (χ3v) is 5.90. The summed E-state index contributed by atoms with van der Waals surface area (Å²) in [5.74, 6) is 0.0481. The molecule has 0 N–H and O–H groups in total. The molecule has 1 atom stereocenters. The van der Waals surface area contributed by atoms with Crippen LogP contribution in [0.3, 0.4) is 0 Å². The second kappa shape index (κ2) is 8.77. The van der Waals surface area contributed by atoms with Gasteiger partial charge in [-0.1, -0.05) is 0 Å². The molecular formula is C20H24N2O6S. The summed E-state index contributed by atoms with van der Waals surface area (Å²) in [5.41, 5.74) is 1.55. The van der Waals surface area contributed by atoms with E-state index >= 15 is 0 Å². The molecule has 1 aromatic rings. The molecule has 9 heteroatoms. The molecule has 0 bridgehead atoms. The largest absolute Gasteiger partial charge is 0.496 e. The summed E-state index contributed by atoms with van der Waals surface area (Å²) >= 11 is 0.779. The van der Waals surface area contributed by atoms with Gasteiger partial charge in [0.05, 0.1) is 31.9 Å². The summed E-state index contributed by atoms with van der Waals surface area (Å²) in [6.45, 7) is 3.35. The molecule has 0 spiro atoms. The van der Waals surface area contributed by atoms with Gasteiger partial charge in [0.25, 0.3) is 11.1 Å². The lowest BCUT2D eigenvalue weighted by molar-refractivity contribution is -0.148. The number of carbonyl (C=O) groups excluding carboxylic acids is 3. The molecule has 0 radical (unpaired) electrons. The van der Waals surface area contributed by atoms with Crippen molar-refractivity contribution in [3.05, 3.63) is 22.6 Å². The van der Waals surface area contributed by atoms with Crippen molar-refractivity contribution >= 4 is 40.6 Å². The minimum atomic E-state index is -0.993. The highest BCUT2D eigenvalue weighted by atomic mass is 32.2. The fourth-order valence-electron chi connectivity index (χ4n) is 3.45. The van der Waals surface area contributed by atoms with E-state index in [1.165, 1.54) is 14.0 Å². The third-order valence-electron chi connectivity index (χ3n) is 5.02. The Morgan fingerprint density at radius 2 is 1.76 bits per heavy atom. The Morgan fingerprint density at radius 3 is 2.34 bits per heavy atom. The van der Waals surface area contributed by atoms with Gasteiger partial charge in [-0.05, 0) is 43.7 Å². The predicted octanol–water partition coefficient (Wildman–Crippen LogP) is 2.90. The Labute approximate surface area is 173 Å². The van der Waals surface area contributed by atoms with Crippen molar-refractivity contribution in [2.75, 3.05) is 39.3 Å². The Morgan fingerprint density at radius 1 is 1.10 bits per heavy atom. The number of methoxy groups -OCH3 is 3. The molecule has 1 unspecified atom stereocenters. The van der Waals surface area contributed by atoms with Gasteiger partial charge in [-0.25, -0.2) is 4.79 Å². The van der Waals surface area contributed by atoms with Gasteiger partial charge in [0.2, 0.25) is 0 Å². The van der Waals surface area contributed by atoms with Crippen LogP contribution in [-0.4, -0.2) is 62.5 Å². The lowest BCUT2D eigenvalue weighted by Crippen LogP contribution is -2.42. The van der Waals surface area contributed by atoms with Crippen LogP contribution in [-0.2, 0) is 14.3 Å². The van der Waals surface area contributed by atoms with Crippen molar-refractivity contribution in [1.82, 2.24) is 4.90 Å². The van der Waals surface area contributed by atoms with E-state index in [0.717, 1.165) is 48.3 Å². The molecule has 2 heterocycles. The first-order valence-corrected chi connectivity index (χ1v) is 10.1. The number of esters is 1. The summed E-state index contributed by atoms with van der Waals surface area (Å²) in [4.78, 5) is 40.2. The normalized spacial score (nSPS) is 19.1.